The Kier molecular flexibility index (Phi) is 5.81. The lowest BCUT2D eigenvalue weighted by molar-refractivity contribution is -0.136. The summed E-state index contributed by atoms with van der Waals surface area (Å²) in [5.74, 6) is 0.558. The van der Waals surface area contributed by atoms with Crippen molar-refractivity contribution in [3.8, 4) is 5.69 Å². The van der Waals surface area contributed by atoms with Gasteiger partial charge in [-0.1, -0.05) is 35.9 Å². The van der Waals surface area contributed by atoms with Crippen LogP contribution in [0.3, 0.4) is 0 Å². The quantitative estimate of drug-likeness (QED) is 0.601. The highest BCUT2D eigenvalue weighted by atomic mass is 16.2. The van der Waals surface area contributed by atoms with Gasteiger partial charge in [-0.25, -0.2) is 14.0 Å². The van der Waals surface area contributed by atoms with E-state index in [0.29, 0.717) is 19.6 Å². The molecule has 2 fully saturated rings. The van der Waals surface area contributed by atoms with Crippen LogP contribution >= 0.6 is 0 Å². The Balaban J connectivity index is 1.26. The molecule has 2 aliphatic rings. The van der Waals surface area contributed by atoms with Crippen molar-refractivity contribution in [3.63, 3.8) is 0 Å². The van der Waals surface area contributed by atoms with E-state index in [2.05, 4.69) is 5.10 Å². The first-order valence-corrected chi connectivity index (χ1v) is 11.8. The van der Waals surface area contributed by atoms with Crippen LogP contribution in [0, 0.1) is 12.8 Å². The molecule has 2 aromatic carbocycles. The standard InChI is InChI=1S/C26H29N5O3/c1-18-8-10-21(11-9-18)30-17-20(16-23(30)32)25(33)29-14-12-19(13-15-29)24-27-28(2)26(34)31(24)22-6-4-3-5-7-22/h3-11,19-20H,12-17H2,1-2H3. The van der Waals surface area contributed by atoms with Crippen molar-refractivity contribution in [3.05, 3.63) is 76.5 Å². The number of hydrogen-bond acceptors (Lipinski definition) is 4. The van der Waals surface area contributed by atoms with Crippen LogP contribution in [-0.2, 0) is 16.6 Å². The summed E-state index contributed by atoms with van der Waals surface area (Å²) in [4.78, 5) is 42.2. The molecule has 1 atom stereocenters. The maximum atomic E-state index is 13.2. The predicted molar refractivity (Wildman–Crippen MR) is 129 cm³/mol. The molecule has 176 valence electrons. The number of para-hydroxylation sites is 1. The summed E-state index contributed by atoms with van der Waals surface area (Å²) >= 11 is 0. The summed E-state index contributed by atoms with van der Waals surface area (Å²) in [6, 6.07) is 17.4. The molecule has 34 heavy (non-hydrogen) atoms. The average Bonchev–Trinajstić information content (AvgIpc) is 3.39. The van der Waals surface area contributed by atoms with E-state index in [-0.39, 0.29) is 35.8 Å². The van der Waals surface area contributed by atoms with Crippen LogP contribution in [0.1, 0.15) is 36.6 Å². The molecule has 8 heteroatoms. The number of carbonyl (C=O) groups is 2. The molecule has 0 bridgehead atoms. The number of anilines is 1. The second kappa shape index (κ2) is 8.93. The molecule has 8 nitrogen and oxygen atoms in total. The van der Waals surface area contributed by atoms with Gasteiger partial charge < -0.3 is 9.80 Å². The van der Waals surface area contributed by atoms with Crippen LogP contribution in [0.15, 0.2) is 59.4 Å². The molecule has 2 saturated heterocycles. The maximum absolute atomic E-state index is 13.2. The third-order valence-corrected chi connectivity index (χ3v) is 6.96. The Morgan fingerprint density at radius 2 is 1.62 bits per heavy atom. The number of benzene rings is 2. The van der Waals surface area contributed by atoms with Crippen molar-refractivity contribution in [1.82, 2.24) is 19.2 Å². The van der Waals surface area contributed by atoms with Crippen LogP contribution in [0.2, 0.25) is 0 Å². The number of nitrogens with zero attached hydrogens (tertiary/aromatic N) is 5. The van der Waals surface area contributed by atoms with Crippen LogP contribution in [0.5, 0.6) is 0 Å². The first-order chi connectivity index (χ1) is 16.4. The molecule has 3 heterocycles. The Bertz CT molecular complexity index is 1250. The summed E-state index contributed by atoms with van der Waals surface area (Å²) in [7, 11) is 1.67. The highest BCUT2D eigenvalue weighted by molar-refractivity contribution is 6.00. The van der Waals surface area contributed by atoms with E-state index in [1.165, 1.54) is 4.68 Å². The average molecular weight is 460 g/mol. The van der Waals surface area contributed by atoms with Gasteiger partial charge in [0.2, 0.25) is 11.8 Å². The minimum absolute atomic E-state index is 0.00236. The number of aromatic nitrogens is 3. The fourth-order valence-corrected chi connectivity index (χ4v) is 5.03. The molecule has 0 N–H and O–H groups in total. The van der Waals surface area contributed by atoms with Crippen molar-refractivity contribution < 1.29 is 9.59 Å². The van der Waals surface area contributed by atoms with Gasteiger partial charge in [0.05, 0.1) is 11.6 Å². The molecule has 1 unspecified atom stereocenters. The molecule has 1 aromatic heterocycles. The van der Waals surface area contributed by atoms with E-state index >= 15 is 0 Å². The first-order valence-electron chi connectivity index (χ1n) is 11.8. The van der Waals surface area contributed by atoms with Crippen molar-refractivity contribution in [2.45, 2.75) is 32.1 Å². The maximum Gasteiger partial charge on any atom is 0.350 e. The molecule has 0 saturated carbocycles. The van der Waals surface area contributed by atoms with Crippen LogP contribution in [0.4, 0.5) is 5.69 Å². The minimum atomic E-state index is -0.317. The van der Waals surface area contributed by atoms with Gasteiger partial charge in [0.15, 0.2) is 0 Å². The number of aryl methyl sites for hydroxylation is 2. The van der Waals surface area contributed by atoms with E-state index in [1.54, 1.807) is 16.5 Å². The minimum Gasteiger partial charge on any atom is -0.342 e. The van der Waals surface area contributed by atoms with Gasteiger partial charge in [-0.2, -0.15) is 5.10 Å². The van der Waals surface area contributed by atoms with Crippen molar-refractivity contribution >= 4 is 17.5 Å². The van der Waals surface area contributed by atoms with Gasteiger partial charge in [0.1, 0.15) is 5.82 Å². The normalized spacial score (nSPS) is 19.1. The zero-order chi connectivity index (χ0) is 23.8. The van der Waals surface area contributed by atoms with Gasteiger partial charge in [0, 0.05) is 44.7 Å². The number of carbonyl (C=O) groups excluding carboxylic acids is 2. The molecular formula is C26H29N5O3. The molecular weight excluding hydrogens is 430 g/mol. The lowest BCUT2D eigenvalue weighted by atomic mass is 9.94. The fourth-order valence-electron chi connectivity index (χ4n) is 5.03. The smallest absolute Gasteiger partial charge is 0.342 e. The van der Waals surface area contributed by atoms with E-state index in [4.69, 9.17) is 0 Å². The molecule has 2 amide bonds. The monoisotopic (exact) mass is 459 g/mol. The second-order valence-electron chi connectivity index (χ2n) is 9.28. The van der Waals surface area contributed by atoms with Crippen molar-refractivity contribution in [1.29, 1.82) is 0 Å². The molecule has 2 aliphatic heterocycles. The molecule has 0 spiro atoms. The fraction of sp³-hybridized carbons (Fsp3) is 0.385. The van der Waals surface area contributed by atoms with Crippen molar-refractivity contribution in [2.75, 3.05) is 24.5 Å². The zero-order valence-electron chi connectivity index (χ0n) is 19.6. The first kappa shape index (κ1) is 22.1. The molecule has 0 aliphatic carbocycles. The number of hydrogen-bond donors (Lipinski definition) is 0. The SMILES string of the molecule is Cc1ccc(N2CC(C(=O)N3CCC(c4nn(C)c(=O)n4-c4ccccc4)CC3)CC2=O)cc1. The van der Waals surface area contributed by atoms with E-state index in [1.807, 2.05) is 66.4 Å². The highest BCUT2D eigenvalue weighted by Crippen LogP contribution is 2.31. The topological polar surface area (TPSA) is 80.4 Å². The lowest BCUT2D eigenvalue weighted by Crippen LogP contribution is -2.42. The third kappa shape index (κ3) is 4.04. The van der Waals surface area contributed by atoms with E-state index in [0.717, 1.165) is 35.6 Å². The molecule has 3 aromatic rings. The molecule has 5 rings (SSSR count). The number of amides is 2. The zero-order valence-corrected chi connectivity index (χ0v) is 19.6. The van der Waals surface area contributed by atoms with Gasteiger partial charge in [-0.15, -0.1) is 0 Å². The van der Waals surface area contributed by atoms with Crippen LogP contribution in [-0.4, -0.2) is 50.7 Å². The second-order valence-corrected chi connectivity index (χ2v) is 9.28. The summed E-state index contributed by atoms with van der Waals surface area (Å²) in [6.45, 7) is 3.63. The predicted octanol–water partition coefficient (Wildman–Crippen LogP) is 2.64. The van der Waals surface area contributed by atoms with E-state index < -0.39 is 0 Å². The lowest BCUT2D eigenvalue weighted by Gasteiger charge is -2.33. The Morgan fingerprint density at radius 3 is 2.29 bits per heavy atom. The van der Waals surface area contributed by atoms with Gasteiger partial charge in [0.25, 0.3) is 0 Å². The summed E-state index contributed by atoms with van der Waals surface area (Å²) in [5, 5.41) is 4.53. The van der Waals surface area contributed by atoms with Crippen LogP contribution in [0.25, 0.3) is 5.69 Å². The number of likely N-dealkylation sites (tertiary alicyclic amines) is 1. The van der Waals surface area contributed by atoms with Gasteiger partial charge in [-0.3, -0.25) is 9.59 Å². The Hall–Kier alpha value is -3.68. The van der Waals surface area contributed by atoms with Crippen molar-refractivity contribution in [2.24, 2.45) is 13.0 Å². The largest absolute Gasteiger partial charge is 0.350 e. The molecule has 0 radical (unpaired) electrons. The Labute approximate surface area is 198 Å². The highest BCUT2D eigenvalue weighted by Gasteiger charge is 2.38. The summed E-state index contributed by atoms with van der Waals surface area (Å²) < 4.78 is 3.06. The van der Waals surface area contributed by atoms with Crippen LogP contribution < -0.4 is 10.6 Å². The summed E-state index contributed by atoms with van der Waals surface area (Å²) in [5.41, 5.74) is 2.62. The number of piperidine rings is 1. The number of rotatable bonds is 4. The summed E-state index contributed by atoms with van der Waals surface area (Å²) in [6.07, 6.45) is 1.72. The third-order valence-electron chi connectivity index (χ3n) is 6.96. The van der Waals surface area contributed by atoms with Gasteiger partial charge >= 0.3 is 5.69 Å². The van der Waals surface area contributed by atoms with Gasteiger partial charge in [-0.05, 0) is 44.0 Å². The van der Waals surface area contributed by atoms with E-state index in [9.17, 15) is 14.4 Å². The Morgan fingerprint density at radius 1 is 0.941 bits per heavy atom.